The van der Waals surface area contributed by atoms with Gasteiger partial charge >= 0.3 is 0 Å². The van der Waals surface area contributed by atoms with Gasteiger partial charge in [-0.1, -0.05) is 12.1 Å². The second-order valence-electron chi connectivity index (χ2n) is 10.8. The predicted molar refractivity (Wildman–Crippen MR) is 151 cm³/mol. The maximum atomic E-state index is 13.5. The number of ether oxygens (including phenoxy) is 1. The number of nitrogens with one attached hydrogen (secondary N) is 3. The first-order valence-electron chi connectivity index (χ1n) is 14.0. The van der Waals surface area contributed by atoms with E-state index in [0.29, 0.717) is 17.9 Å². The number of aliphatic hydroxyl groups is 1. The first-order valence-corrected chi connectivity index (χ1v) is 14.0. The molecule has 1 fully saturated rings. The standard InChI is InChI=1S/C28H35N9O4/c1-2-41-16-10-11-19(31-12-16)25(40)32-13-20-22-28(36-26(29)35-22)23(38)21(14-37(28)27(30)34-20)33-24(39)18-9-5-7-15-6-3-4-8-17(15)18/h5,7,9-12,20-23,38H,2-4,6,8,13-14H2,1H3,(H2,30,34)(H,32,40)(H,33,39)(H3,29,35,36)/t20-,21?,22?,23+,28?/m0/s1. The fourth-order valence-corrected chi connectivity index (χ4v) is 6.50. The second-order valence-corrected chi connectivity index (χ2v) is 10.8. The van der Waals surface area contributed by atoms with E-state index in [0.717, 1.165) is 31.2 Å². The lowest BCUT2D eigenvalue weighted by atomic mass is 9.87. The van der Waals surface area contributed by atoms with Crippen molar-refractivity contribution in [3.8, 4) is 5.75 Å². The number of nitrogens with two attached hydrogens (primary N) is 2. The molecule has 1 aliphatic carbocycles. The molecule has 1 saturated heterocycles. The topological polar surface area (TPSA) is 193 Å². The predicted octanol–water partition coefficient (Wildman–Crippen LogP) is -0.756. The molecule has 13 heteroatoms. The van der Waals surface area contributed by atoms with E-state index in [2.05, 4.69) is 37.0 Å². The van der Waals surface area contributed by atoms with Crippen LogP contribution in [0.4, 0.5) is 0 Å². The normalized spacial score (nSPS) is 27.9. The summed E-state index contributed by atoms with van der Waals surface area (Å²) in [6.07, 6.45) is 4.34. The zero-order valence-electron chi connectivity index (χ0n) is 22.8. The Bertz CT molecular complexity index is 1410. The van der Waals surface area contributed by atoms with Crippen LogP contribution in [0.25, 0.3) is 0 Å². The van der Waals surface area contributed by atoms with Gasteiger partial charge in [-0.15, -0.1) is 0 Å². The monoisotopic (exact) mass is 561 g/mol. The van der Waals surface area contributed by atoms with Crippen molar-refractivity contribution >= 4 is 23.7 Å². The number of aliphatic imine (C=N–C) groups is 2. The summed E-state index contributed by atoms with van der Waals surface area (Å²) in [6.45, 7) is 2.65. The molecule has 13 nitrogen and oxygen atoms in total. The largest absolute Gasteiger partial charge is 0.492 e. The molecule has 3 aliphatic heterocycles. The molecule has 0 radical (unpaired) electrons. The maximum Gasteiger partial charge on any atom is 0.269 e. The van der Waals surface area contributed by atoms with E-state index in [1.54, 1.807) is 17.0 Å². The number of carbonyl (C=O) groups excluding carboxylic acids is 2. The van der Waals surface area contributed by atoms with Crippen molar-refractivity contribution in [1.82, 2.24) is 25.8 Å². The van der Waals surface area contributed by atoms with Gasteiger partial charge in [-0.3, -0.25) is 9.59 Å². The van der Waals surface area contributed by atoms with Gasteiger partial charge in [-0.25, -0.2) is 15.0 Å². The first-order chi connectivity index (χ1) is 19.8. The molecule has 0 saturated carbocycles. The number of nitrogens with zero attached hydrogens (tertiary/aromatic N) is 4. The molecule has 4 aliphatic rings. The molecule has 4 heterocycles. The molecule has 0 bridgehead atoms. The zero-order valence-corrected chi connectivity index (χ0v) is 22.8. The molecule has 216 valence electrons. The van der Waals surface area contributed by atoms with Gasteiger partial charge in [-0.2, -0.15) is 0 Å². The van der Waals surface area contributed by atoms with Crippen LogP contribution in [0, 0.1) is 0 Å². The average Bonchev–Trinajstić information content (AvgIpc) is 3.47. The van der Waals surface area contributed by atoms with E-state index < -0.39 is 35.8 Å². The molecule has 8 N–H and O–H groups in total. The number of benzene rings is 1. The highest BCUT2D eigenvalue weighted by molar-refractivity contribution is 5.97. The molecule has 2 aromatic rings. The molecule has 3 unspecified atom stereocenters. The highest BCUT2D eigenvalue weighted by Gasteiger charge is 2.65. The summed E-state index contributed by atoms with van der Waals surface area (Å²) in [5.74, 6) is 0.211. The Kier molecular flexibility index (Phi) is 6.89. The number of amides is 2. The number of hydrogen-bond donors (Lipinski definition) is 6. The van der Waals surface area contributed by atoms with Crippen molar-refractivity contribution in [2.24, 2.45) is 21.5 Å². The third-order valence-electron chi connectivity index (χ3n) is 8.36. The van der Waals surface area contributed by atoms with Gasteiger partial charge < -0.3 is 42.2 Å². The molecule has 6 rings (SSSR count). The Morgan fingerprint density at radius 2 is 2.00 bits per heavy atom. The molecule has 5 atom stereocenters. The first kappa shape index (κ1) is 26.8. The van der Waals surface area contributed by atoms with Crippen molar-refractivity contribution < 1.29 is 19.4 Å². The lowest BCUT2D eigenvalue weighted by Crippen LogP contribution is -2.73. The molecular formula is C28H35N9O4. The van der Waals surface area contributed by atoms with Gasteiger partial charge in [0.1, 0.15) is 23.6 Å². The fraction of sp³-hybridized carbons (Fsp3) is 0.464. The number of pyridine rings is 1. The minimum Gasteiger partial charge on any atom is -0.492 e. The fourth-order valence-electron chi connectivity index (χ4n) is 6.50. The quantitative estimate of drug-likeness (QED) is 0.252. The number of aliphatic hydroxyl groups excluding tert-OH is 1. The van der Waals surface area contributed by atoms with Gasteiger partial charge in [0.2, 0.25) is 0 Å². The lowest BCUT2D eigenvalue weighted by molar-refractivity contribution is 0.0144. The maximum absolute atomic E-state index is 13.5. The van der Waals surface area contributed by atoms with Crippen LogP contribution in [0.5, 0.6) is 5.75 Å². The minimum atomic E-state index is -1.23. The van der Waals surface area contributed by atoms with Crippen molar-refractivity contribution in [3.05, 3.63) is 58.9 Å². The number of hydrogen-bond acceptors (Lipinski definition) is 11. The van der Waals surface area contributed by atoms with Gasteiger partial charge in [-0.05, 0) is 61.9 Å². The number of rotatable bonds is 7. The molecule has 1 spiro atoms. The Morgan fingerprint density at radius 1 is 1.17 bits per heavy atom. The van der Waals surface area contributed by atoms with Crippen LogP contribution in [-0.2, 0) is 12.8 Å². The Hall–Kier alpha value is -4.39. The molecule has 1 aromatic heterocycles. The van der Waals surface area contributed by atoms with Crippen LogP contribution in [0.15, 0.2) is 46.5 Å². The number of aromatic nitrogens is 1. The van der Waals surface area contributed by atoms with Gasteiger partial charge in [0, 0.05) is 18.7 Å². The molecular weight excluding hydrogens is 526 g/mol. The van der Waals surface area contributed by atoms with Gasteiger partial charge in [0.15, 0.2) is 17.6 Å². The third kappa shape index (κ3) is 4.59. The van der Waals surface area contributed by atoms with E-state index in [-0.39, 0.29) is 36.6 Å². The van der Waals surface area contributed by atoms with Crippen LogP contribution in [-0.4, -0.2) is 88.3 Å². The Balaban J connectivity index is 1.19. The van der Waals surface area contributed by atoms with E-state index in [4.69, 9.17) is 16.2 Å². The molecule has 2 amide bonds. The average molecular weight is 562 g/mol. The zero-order chi connectivity index (χ0) is 28.7. The Labute approximate surface area is 237 Å². The highest BCUT2D eigenvalue weighted by atomic mass is 16.5. The summed E-state index contributed by atoms with van der Waals surface area (Å²) in [5.41, 5.74) is 14.4. The van der Waals surface area contributed by atoms with Crippen LogP contribution >= 0.6 is 0 Å². The van der Waals surface area contributed by atoms with Crippen molar-refractivity contribution in [1.29, 1.82) is 0 Å². The van der Waals surface area contributed by atoms with Crippen molar-refractivity contribution in [2.45, 2.75) is 62.5 Å². The van der Waals surface area contributed by atoms with Crippen LogP contribution < -0.4 is 32.2 Å². The summed E-state index contributed by atoms with van der Waals surface area (Å²) in [5, 5.41) is 20.7. The summed E-state index contributed by atoms with van der Waals surface area (Å²) >= 11 is 0. The van der Waals surface area contributed by atoms with E-state index in [1.807, 2.05) is 19.1 Å². The number of guanidine groups is 2. The highest BCUT2D eigenvalue weighted by Crippen LogP contribution is 2.40. The number of carbonyl (C=O) groups is 2. The van der Waals surface area contributed by atoms with Gasteiger partial charge in [0.05, 0.1) is 24.9 Å². The Morgan fingerprint density at radius 3 is 2.78 bits per heavy atom. The second kappa shape index (κ2) is 10.5. The van der Waals surface area contributed by atoms with Crippen LogP contribution in [0.2, 0.25) is 0 Å². The number of fused-ring (bicyclic) bond motifs is 1. The SMILES string of the molecule is CCOc1ccc(C(=O)NC[C@@H]2N=C(N)N3CC(NC(=O)c4cccc5c4CCCC5)[C@@H](O)C34NC(N)=NC24)nc1. The number of aryl methyl sites for hydroxylation is 1. The summed E-state index contributed by atoms with van der Waals surface area (Å²) in [7, 11) is 0. The summed E-state index contributed by atoms with van der Waals surface area (Å²) < 4.78 is 5.38. The van der Waals surface area contributed by atoms with Gasteiger partial charge in [0.25, 0.3) is 11.8 Å². The summed E-state index contributed by atoms with van der Waals surface area (Å²) in [6, 6.07) is 7.08. The summed E-state index contributed by atoms with van der Waals surface area (Å²) in [4.78, 5) is 41.3. The van der Waals surface area contributed by atoms with E-state index >= 15 is 0 Å². The molecule has 41 heavy (non-hydrogen) atoms. The van der Waals surface area contributed by atoms with Crippen molar-refractivity contribution in [3.63, 3.8) is 0 Å². The van der Waals surface area contributed by atoms with Crippen LogP contribution in [0.1, 0.15) is 51.7 Å². The minimum absolute atomic E-state index is 0.0764. The molecule has 1 aromatic carbocycles. The lowest BCUT2D eigenvalue weighted by Gasteiger charge is -2.46. The van der Waals surface area contributed by atoms with E-state index in [1.165, 1.54) is 11.8 Å². The van der Waals surface area contributed by atoms with Crippen LogP contribution in [0.3, 0.4) is 0 Å². The smallest absolute Gasteiger partial charge is 0.269 e. The van der Waals surface area contributed by atoms with Crippen molar-refractivity contribution in [2.75, 3.05) is 19.7 Å². The third-order valence-corrected chi connectivity index (χ3v) is 8.36. The van der Waals surface area contributed by atoms with E-state index in [9.17, 15) is 14.7 Å².